The van der Waals surface area contributed by atoms with E-state index in [1.807, 2.05) is 30.3 Å². The maximum atomic E-state index is 13.5. The maximum absolute atomic E-state index is 13.5. The Bertz CT molecular complexity index is 735. The maximum Gasteiger partial charge on any atom is 0.177 e. The molecule has 0 aliphatic carbocycles. The Labute approximate surface area is 161 Å². The van der Waals surface area contributed by atoms with Crippen LogP contribution in [0.25, 0.3) is 0 Å². The van der Waals surface area contributed by atoms with Crippen LogP contribution in [0.2, 0.25) is 0 Å². The number of hydrogen-bond acceptors (Lipinski definition) is 5. The molecule has 0 fully saturated rings. The molecule has 1 atom stereocenters. The summed E-state index contributed by atoms with van der Waals surface area (Å²) in [7, 11) is 4.74. The Morgan fingerprint density at radius 2 is 1.59 bits per heavy atom. The Hall–Kier alpha value is -2.39. The van der Waals surface area contributed by atoms with Crippen molar-refractivity contribution >= 4 is 14.2 Å². The predicted molar refractivity (Wildman–Crippen MR) is 106 cm³/mol. The third-order valence-electron chi connectivity index (χ3n) is 4.47. The molecule has 0 saturated carbocycles. The van der Waals surface area contributed by atoms with Gasteiger partial charge >= 0.3 is 0 Å². The van der Waals surface area contributed by atoms with Crippen molar-refractivity contribution in [1.29, 1.82) is 0 Å². The quantitative estimate of drug-likeness (QED) is 0.303. The lowest BCUT2D eigenvalue weighted by Gasteiger charge is -2.20. The Balaban J connectivity index is 2.43. The van der Waals surface area contributed by atoms with E-state index < -0.39 is 0 Å². The third-order valence-corrected chi connectivity index (χ3v) is 4.97. The van der Waals surface area contributed by atoms with Gasteiger partial charge in [-0.15, -0.1) is 0 Å². The Kier molecular flexibility index (Phi) is 8.28. The number of ether oxygens (including phenoxy) is 3. The summed E-state index contributed by atoms with van der Waals surface area (Å²) >= 11 is 0. The second-order valence-corrected chi connectivity index (χ2v) is 6.79. The zero-order valence-electron chi connectivity index (χ0n) is 15.9. The molecule has 0 aliphatic rings. The van der Waals surface area contributed by atoms with Crippen molar-refractivity contribution in [3.05, 3.63) is 53.6 Å². The van der Waals surface area contributed by atoms with Gasteiger partial charge in [-0.2, -0.15) is 0 Å². The number of carbonyl (C=O) groups is 1. The summed E-state index contributed by atoms with van der Waals surface area (Å²) in [6.45, 7) is 0. The van der Waals surface area contributed by atoms with E-state index in [4.69, 9.17) is 14.2 Å². The second-order valence-electron chi connectivity index (χ2n) is 6.08. The van der Waals surface area contributed by atoms with E-state index in [-0.39, 0.29) is 20.2 Å². The largest absolute Gasteiger partial charge is 0.496 e. The molecule has 0 N–H and O–H groups in total. The summed E-state index contributed by atoms with van der Waals surface area (Å²) in [5.74, 6) is 1.03. The summed E-state index contributed by atoms with van der Waals surface area (Å²) in [6.07, 6.45) is 2.88. The molecule has 0 amide bonds. The molecule has 2 rings (SSSR count). The number of Topliss-reactive ketones (excluding diaryl/α,β-unsaturated/α-hetero) is 1. The fourth-order valence-corrected chi connectivity index (χ4v) is 3.43. The van der Waals surface area contributed by atoms with Gasteiger partial charge in [0.15, 0.2) is 14.2 Å². The van der Waals surface area contributed by atoms with Gasteiger partial charge in [-0.3, -0.25) is 9.36 Å². The predicted octanol–water partition coefficient (Wildman–Crippen LogP) is 5.14. The van der Waals surface area contributed by atoms with Crippen LogP contribution in [0.1, 0.15) is 41.1 Å². The first-order valence-corrected chi connectivity index (χ1v) is 9.84. The van der Waals surface area contributed by atoms with E-state index in [0.717, 1.165) is 18.4 Å². The first-order valence-electron chi connectivity index (χ1n) is 8.84. The number of ketones is 1. The molecule has 0 bridgehead atoms. The summed E-state index contributed by atoms with van der Waals surface area (Å²) in [4.78, 5) is 13.5. The van der Waals surface area contributed by atoms with Gasteiger partial charge in [0, 0.05) is 24.2 Å². The number of rotatable bonds is 11. The van der Waals surface area contributed by atoms with Gasteiger partial charge in [-0.1, -0.05) is 36.8 Å². The van der Waals surface area contributed by atoms with Crippen LogP contribution in [0.5, 0.6) is 17.2 Å². The van der Waals surface area contributed by atoms with E-state index in [2.05, 4.69) is 0 Å². The molecule has 2 aromatic carbocycles. The highest BCUT2D eigenvalue weighted by atomic mass is 31.1. The minimum atomic E-state index is -0.328. The zero-order chi connectivity index (χ0) is 19.6. The van der Waals surface area contributed by atoms with Crippen molar-refractivity contribution in [2.45, 2.75) is 25.2 Å². The van der Waals surface area contributed by atoms with Crippen LogP contribution in [-0.2, 0) is 4.57 Å². The highest BCUT2D eigenvalue weighted by Gasteiger charge is 2.28. The molecule has 27 heavy (non-hydrogen) atoms. The minimum Gasteiger partial charge on any atom is -0.496 e. The first kappa shape index (κ1) is 20.9. The minimum absolute atomic E-state index is 0.0581. The molecule has 0 heterocycles. The van der Waals surface area contributed by atoms with Crippen LogP contribution >= 0.6 is 8.46 Å². The fraction of sp³-hybridized carbons (Fsp3) is 0.381. The van der Waals surface area contributed by atoms with Crippen LogP contribution < -0.4 is 14.2 Å². The van der Waals surface area contributed by atoms with Crippen molar-refractivity contribution in [3.63, 3.8) is 0 Å². The third kappa shape index (κ3) is 5.30. The summed E-state index contributed by atoms with van der Waals surface area (Å²) < 4.78 is 26.9. The van der Waals surface area contributed by atoms with E-state index in [9.17, 15) is 9.36 Å². The van der Waals surface area contributed by atoms with E-state index in [0.29, 0.717) is 35.4 Å². The standard InChI is InChI=1S/C21H25O5P/c1-24-16-13-18(25-2)20(19(14-16)26-3)21(22)17(11-7-8-12-27-23)15-9-5-4-6-10-15/h4-6,9-10,13-14,17H,7-8,11-12H2,1-3H3. The second kappa shape index (κ2) is 10.7. The van der Waals surface area contributed by atoms with E-state index >= 15 is 0 Å². The fourth-order valence-electron chi connectivity index (χ4n) is 3.08. The molecule has 0 saturated heterocycles. The van der Waals surface area contributed by atoms with Crippen molar-refractivity contribution in [2.75, 3.05) is 27.5 Å². The van der Waals surface area contributed by atoms with E-state index in [1.165, 1.54) is 14.2 Å². The zero-order valence-corrected chi connectivity index (χ0v) is 16.8. The lowest BCUT2D eigenvalue weighted by molar-refractivity contribution is 0.0947. The number of methoxy groups -OCH3 is 3. The normalized spacial score (nSPS) is 11.8. The molecule has 0 aliphatic heterocycles. The number of hydrogen-bond donors (Lipinski definition) is 0. The molecule has 5 nitrogen and oxygen atoms in total. The van der Waals surface area contributed by atoms with Crippen molar-refractivity contribution < 1.29 is 23.6 Å². The lowest BCUT2D eigenvalue weighted by atomic mass is 9.86. The highest BCUT2D eigenvalue weighted by molar-refractivity contribution is 7.23. The van der Waals surface area contributed by atoms with Crippen molar-refractivity contribution in [2.24, 2.45) is 0 Å². The smallest absolute Gasteiger partial charge is 0.177 e. The summed E-state index contributed by atoms with van der Waals surface area (Å²) in [5.41, 5.74) is 1.36. The summed E-state index contributed by atoms with van der Waals surface area (Å²) in [5, 5.41) is 0. The average Bonchev–Trinajstić information content (AvgIpc) is 2.72. The number of benzene rings is 2. The Morgan fingerprint density at radius 1 is 0.963 bits per heavy atom. The molecule has 0 spiro atoms. The van der Waals surface area contributed by atoms with Crippen LogP contribution in [-0.4, -0.2) is 33.3 Å². The van der Waals surface area contributed by atoms with E-state index in [1.54, 1.807) is 19.2 Å². The lowest BCUT2D eigenvalue weighted by Crippen LogP contribution is -2.16. The van der Waals surface area contributed by atoms with Crippen LogP contribution in [0, 0.1) is 0 Å². The summed E-state index contributed by atoms with van der Waals surface area (Å²) in [6, 6.07) is 13.1. The van der Waals surface area contributed by atoms with Gasteiger partial charge in [-0.25, -0.2) is 0 Å². The molecule has 2 aromatic rings. The molecule has 0 radical (unpaired) electrons. The molecule has 1 unspecified atom stereocenters. The monoisotopic (exact) mass is 388 g/mol. The van der Waals surface area contributed by atoms with Gasteiger partial charge in [-0.05, 0) is 18.4 Å². The highest BCUT2D eigenvalue weighted by Crippen LogP contribution is 2.38. The van der Waals surface area contributed by atoms with Gasteiger partial charge in [0.2, 0.25) is 0 Å². The van der Waals surface area contributed by atoms with Gasteiger partial charge in [0.1, 0.15) is 22.8 Å². The van der Waals surface area contributed by atoms with Crippen molar-refractivity contribution in [3.8, 4) is 17.2 Å². The van der Waals surface area contributed by atoms with Crippen LogP contribution in [0.15, 0.2) is 42.5 Å². The molecule has 6 heteroatoms. The molecular weight excluding hydrogens is 363 g/mol. The first-order chi connectivity index (χ1) is 13.2. The number of unbranched alkanes of at least 4 members (excludes halogenated alkanes) is 1. The molecule has 144 valence electrons. The molecular formula is C21H25O5P. The van der Waals surface area contributed by atoms with Gasteiger partial charge in [0.25, 0.3) is 0 Å². The topological polar surface area (TPSA) is 61.8 Å². The Morgan fingerprint density at radius 3 is 2.11 bits per heavy atom. The van der Waals surface area contributed by atoms with Gasteiger partial charge in [0.05, 0.1) is 21.3 Å². The van der Waals surface area contributed by atoms with Crippen LogP contribution in [0.3, 0.4) is 0 Å². The van der Waals surface area contributed by atoms with Crippen molar-refractivity contribution in [1.82, 2.24) is 0 Å². The SMILES string of the molecule is COc1cc(OC)c(C(=O)C(CCCCP=O)c2ccccc2)c(OC)c1. The average molecular weight is 388 g/mol. The van der Waals surface area contributed by atoms with Gasteiger partial charge < -0.3 is 14.2 Å². The number of carbonyl (C=O) groups excluding carboxylic acids is 1. The molecule has 0 aromatic heterocycles. The van der Waals surface area contributed by atoms with Crippen LogP contribution in [0.4, 0.5) is 0 Å².